The molecule has 17 heavy (non-hydrogen) atoms. The Morgan fingerprint density at radius 1 is 1.41 bits per heavy atom. The van der Waals surface area contributed by atoms with Crippen molar-refractivity contribution in [2.24, 2.45) is 0 Å². The Hall–Kier alpha value is -0.910. The van der Waals surface area contributed by atoms with Crippen LogP contribution >= 0.6 is 27.3 Å². The molecule has 3 nitrogen and oxygen atoms in total. The zero-order valence-corrected chi connectivity index (χ0v) is 11.8. The highest BCUT2D eigenvalue weighted by Crippen LogP contribution is 2.26. The molecular formula is C12H13BrN2OS. The van der Waals surface area contributed by atoms with E-state index in [1.807, 2.05) is 36.6 Å². The van der Waals surface area contributed by atoms with E-state index < -0.39 is 6.23 Å². The lowest BCUT2D eigenvalue weighted by molar-refractivity contribution is 0.199. The van der Waals surface area contributed by atoms with Gasteiger partial charge in [0.2, 0.25) is 0 Å². The first-order valence-electron chi connectivity index (χ1n) is 5.35. The van der Waals surface area contributed by atoms with E-state index in [2.05, 4.69) is 26.2 Å². The zero-order chi connectivity index (χ0) is 12.3. The van der Waals surface area contributed by atoms with Gasteiger partial charge in [-0.25, -0.2) is 4.98 Å². The summed E-state index contributed by atoms with van der Waals surface area (Å²) in [6.45, 7) is 1.92. The minimum atomic E-state index is -0.529. The van der Waals surface area contributed by atoms with Crippen molar-refractivity contribution in [2.45, 2.75) is 19.6 Å². The Balaban J connectivity index is 2.15. The Bertz CT molecular complexity index is 484. The van der Waals surface area contributed by atoms with Crippen molar-refractivity contribution in [2.75, 3.05) is 5.32 Å². The van der Waals surface area contributed by atoms with Crippen LogP contribution in [0.1, 0.15) is 13.3 Å². The van der Waals surface area contributed by atoms with Crippen LogP contribution in [0.15, 0.2) is 34.1 Å². The van der Waals surface area contributed by atoms with Crippen LogP contribution in [0.25, 0.3) is 11.3 Å². The van der Waals surface area contributed by atoms with Crippen molar-refractivity contribution >= 4 is 32.4 Å². The molecule has 1 unspecified atom stereocenters. The third kappa shape index (κ3) is 3.28. The average Bonchev–Trinajstić information content (AvgIpc) is 2.78. The fourth-order valence-corrected chi connectivity index (χ4v) is 2.37. The number of rotatable bonds is 4. The number of aliphatic hydroxyl groups is 1. The van der Waals surface area contributed by atoms with Gasteiger partial charge in [0.15, 0.2) is 5.13 Å². The summed E-state index contributed by atoms with van der Waals surface area (Å²) in [5, 5.41) is 15.2. The lowest BCUT2D eigenvalue weighted by Gasteiger charge is -2.07. The van der Waals surface area contributed by atoms with Crippen LogP contribution in [0.2, 0.25) is 0 Å². The molecule has 2 rings (SSSR count). The van der Waals surface area contributed by atoms with Crippen LogP contribution in [-0.4, -0.2) is 16.3 Å². The molecule has 0 saturated carbocycles. The van der Waals surface area contributed by atoms with Crippen LogP contribution in [-0.2, 0) is 0 Å². The highest BCUT2D eigenvalue weighted by molar-refractivity contribution is 9.10. The highest BCUT2D eigenvalue weighted by Gasteiger charge is 2.06. The predicted octanol–water partition coefficient (Wildman–Crippen LogP) is 3.71. The first kappa shape index (κ1) is 12.5. The molecule has 0 aliphatic rings. The Morgan fingerprint density at radius 3 is 2.76 bits per heavy atom. The molecule has 0 fully saturated rings. The largest absolute Gasteiger partial charge is 0.374 e. The Morgan fingerprint density at radius 2 is 2.12 bits per heavy atom. The van der Waals surface area contributed by atoms with Crippen molar-refractivity contribution in [1.82, 2.24) is 4.98 Å². The van der Waals surface area contributed by atoms with E-state index in [1.165, 1.54) is 11.3 Å². The van der Waals surface area contributed by atoms with E-state index in [1.54, 1.807) is 0 Å². The Labute approximate surface area is 113 Å². The van der Waals surface area contributed by atoms with Gasteiger partial charge in [-0.3, -0.25) is 0 Å². The molecule has 1 aromatic carbocycles. The van der Waals surface area contributed by atoms with Crippen LogP contribution in [0.3, 0.4) is 0 Å². The molecule has 0 amide bonds. The van der Waals surface area contributed by atoms with Crippen LogP contribution in [0, 0.1) is 0 Å². The van der Waals surface area contributed by atoms with Crippen LogP contribution in [0.5, 0.6) is 0 Å². The SMILES string of the molecule is CCC(O)Nc1nc(-c2ccc(Br)cc2)cs1. The zero-order valence-electron chi connectivity index (χ0n) is 9.35. The summed E-state index contributed by atoms with van der Waals surface area (Å²) in [7, 11) is 0. The molecule has 90 valence electrons. The third-order valence-corrected chi connectivity index (χ3v) is 3.62. The molecule has 5 heteroatoms. The standard InChI is InChI=1S/C12H13BrN2OS/c1-2-11(16)15-12-14-10(7-17-12)8-3-5-9(13)6-4-8/h3-7,11,16H,2H2,1H3,(H,14,15). The van der Waals surface area contributed by atoms with Crippen LogP contribution < -0.4 is 5.32 Å². The van der Waals surface area contributed by atoms with Gasteiger partial charge in [-0.05, 0) is 18.6 Å². The molecule has 0 spiro atoms. The number of benzene rings is 1. The molecule has 0 aliphatic heterocycles. The summed E-state index contributed by atoms with van der Waals surface area (Å²) in [6, 6.07) is 8.00. The summed E-state index contributed by atoms with van der Waals surface area (Å²) in [4.78, 5) is 4.43. The van der Waals surface area contributed by atoms with Crippen LogP contribution in [0.4, 0.5) is 5.13 Å². The van der Waals surface area contributed by atoms with E-state index in [9.17, 15) is 5.11 Å². The van der Waals surface area contributed by atoms with Gasteiger partial charge in [-0.15, -0.1) is 11.3 Å². The fraction of sp³-hybridized carbons (Fsp3) is 0.250. The molecule has 2 aromatic rings. The monoisotopic (exact) mass is 312 g/mol. The van der Waals surface area contributed by atoms with Gasteiger partial charge >= 0.3 is 0 Å². The van der Waals surface area contributed by atoms with E-state index in [-0.39, 0.29) is 0 Å². The third-order valence-electron chi connectivity index (χ3n) is 2.32. The molecule has 1 heterocycles. The normalized spacial score (nSPS) is 12.4. The van der Waals surface area contributed by atoms with Gasteiger partial charge in [-0.1, -0.05) is 35.0 Å². The number of hydrogen-bond acceptors (Lipinski definition) is 4. The molecule has 0 bridgehead atoms. The number of aromatic nitrogens is 1. The minimum absolute atomic E-state index is 0.529. The summed E-state index contributed by atoms with van der Waals surface area (Å²) < 4.78 is 1.05. The summed E-state index contributed by atoms with van der Waals surface area (Å²) >= 11 is 4.90. The summed E-state index contributed by atoms with van der Waals surface area (Å²) in [5.41, 5.74) is 2.00. The fourth-order valence-electron chi connectivity index (χ4n) is 1.34. The van der Waals surface area contributed by atoms with E-state index in [4.69, 9.17) is 0 Å². The maximum Gasteiger partial charge on any atom is 0.185 e. The second kappa shape index (κ2) is 5.62. The highest BCUT2D eigenvalue weighted by atomic mass is 79.9. The average molecular weight is 313 g/mol. The van der Waals surface area contributed by atoms with E-state index in [0.29, 0.717) is 6.42 Å². The second-order valence-corrected chi connectivity index (χ2v) is 5.39. The molecule has 1 atom stereocenters. The number of hydrogen-bond donors (Lipinski definition) is 2. The van der Waals surface area contributed by atoms with Crippen molar-refractivity contribution in [3.05, 3.63) is 34.1 Å². The maximum absolute atomic E-state index is 9.48. The first-order chi connectivity index (χ1) is 8.19. The number of anilines is 1. The summed E-state index contributed by atoms with van der Waals surface area (Å²) in [6.07, 6.45) is 0.131. The lowest BCUT2D eigenvalue weighted by atomic mass is 10.2. The van der Waals surface area contributed by atoms with Gasteiger partial charge in [0.25, 0.3) is 0 Å². The number of nitrogens with zero attached hydrogens (tertiary/aromatic N) is 1. The first-order valence-corrected chi connectivity index (χ1v) is 7.02. The van der Waals surface area contributed by atoms with Gasteiger partial charge in [0, 0.05) is 15.4 Å². The van der Waals surface area contributed by atoms with E-state index >= 15 is 0 Å². The van der Waals surface area contributed by atoms with Crippen molar-refractivity contribution in [3.63, 3.8) is 0 Å². The minimum Gasteiger partial charge on any atom is -0.374 e. The van der Waals surface area contributed by atoms with Crippen molar-refractivity contribution < 1.29 is 5.11 Å². The maximum atomic E-state index is 9.48. The molecule has 1 aromatic heterocycles. The lowest BCUT2D eigenvalue weighted by Crippen LogP contribution is -2.16. The topological polar surface area (TPSA) is 45.1 Å². The number of halogens is 1. The molecular weight excluding hydrogens is 300 g/mol. The molecule has 0 radical (unpaired) electrons. The van der Waals surface area contributed by atoms with Gasteiger partial charge in [0.1, 0.15) is 6.23 Å². The number of nitrogens with one attached hydrogen (secondary N) is 1. The quantitative estimate of drug-likeness (QED) is 0.846. The molecule has 0 aliphatic carbocycles. The smallest absolute Gasteiger partial charge is 0.185 e. The predicted molar refractivity (Wildman–Crippen MR) is 75.2 cm³/mol. The Kier molecular flexibility index (Phi) is 4.15. The summed E-state index contributed by atoms with van der Waals surface area (Å²) in [5.74, 6) is 0. The van der Waals surface area contributed by atoms with Gasteiger partial charge in [-0.2, -0.15) is 0 Å². The number of aliphatic hydroxyl groups excluding tert-OH is 1. The molecule has 2 N–H and O–H groups in total. The van der Waals surface area contributed by atoms with Gasteiger partial charge in [0.05, 0.1) is 5.69 Å². The second-order valence-electron chi connectivity index (χ2n) is 3.61. The van der Waals surface area contributed by atoms with Crippen molar-refractivity contribution in [3.8, 4) is 11.3 Å². The van der Waals surface area contributed by atoms with E-state index in [0.717, 1.165) is 20.9 Å². The molecule has 0 saturated heterocycles. The van der Waals surface area contributed by atoms with Crippen molar-refractivity contribution in [1.29, 1.82) is 0 Å². The van der Waals surface area contributed by atoms with Gasteiger partial charge < -0.3 is 10.4 Å². The number of thiazole rings is 1.